The lowest BCUT2D eigenvalue weighted by Gasteiger charge is -2.27. The van der Waals surface area contributed by atoms with Crippen LogP contribution in [0.1, 0.15) is 38.3 Å². The number of anilines is 2. The van der Waals surface area contributed by atoms with Crippen LogP contribution >= 0.6 is 15.9 Å². The van der Waals surface area contributed by atoms with Crippen molar-refractivity contribution in [3.63, 3.8) is 0 Å². The second-order valence-corrected chi connectivity index (χ2v) is 8.47. The molecule has 9 heteroatoms. The van der Waals surface area contributed by atoms with Crippen molar-refractivity contribution in [1.82, 2.24) is 4.90 Å². The van der Waals surface area contributed by atoms with Gasteiger partial charge in [-0.25, -0.2) is 0 Å². The van der Waals surface area contributed by atoms with Crippen molar-refractivity contribution < 1.29 is 19.6 Å². The Kier molecular flexibility index (Phi) is 5.70. The minimum atomic E-state index is -0.600. The number of rotatable bonds is 6. The van der Waals surface area contributed by atoms with Gasteiger partial charge >= 0.3 is 0 Å². The van der Waals surface area contributed by atoms with Crippen molar-refractivity contribution in [2.75, 3.05) is 18.5 Å². The van der Waals surface area contributed by atoms with Crippen LogP contribution in [-0.2, 0) is 0 Å². The summed E-state index contributed by atoms with van der Waals surface area (Å²) in [5, 5.41) is 25.1. The summed E-state index contributed by atoms with van der Waals surface area (Å²) in [5.74, 6) is -1.07. The number of benzene rings is 3. The van der Waals surface area contributed by atoms with Gasteiger partial charge in [-0.2, -0.15) is 0 Å². The molecule has 1 heterocycles. The van der Waals surface area contributed by atoms with Crippen LogP contribution in [-0.4, -0.2) is 39.9 Å². The van der Waals surface area contributed by atoms with E-state index < -0.39 is 16.7 Å². The summed E-state index contributed by atoms with van der Waals surface area (Å²) in [6, 6.07) is 9.83. The summed E-state index contributed by atoms with van der Waals surface area (Å²) in [4.78, 5) is 38.6. The van der Waals surface area contributed by atoms with Gasteiger partial charge in [-0.05, 0) is 49.6 Å². The fraction of sp³-hybridized carbons (Fsp3) is 0.217. The van der Waals surface area contributed by atoms with Gasteiger partial charge in [0.1, 0.15) is 5.69 Å². The van der Waals surface area contributed by atoms with Crippen LogP contribution in [0.2, 0.25) is 0 Å². The zero-order chi connectivity index (χ0) is 23.2. The van der Waals surface area contributed by atoms with Crippen molar-refractivity contribution in [1.29, 1.82) is 0 Å². The van der Waals surface area contributed by atoms with Crippen LogP contribution in [0.3, 0.4) is 0 Å². The first-order valence-electron chi connectivity index (χ1n) is 10.00. The maximum Gasteiger partial charge on any atom is 0.294 e. The second kappa shape index (κ2) is 8.33. The van der Waals surface area contributed by atoms with Gasteiger partial charge in [-0.15, -0.1) is 0 Å². The molecule has 0 aromatic heterocycles. The average Bonchev–Trinajstić information content (AvgIpc) is 2.77. The molecule has 8 nitrogen and oxygen atoms in total. The first kappa shape index (κ1) is 21.9. The zero-order valence-electron chi connectivity index (χ0n) is 17.4. The topological polar surface area (TPSA) is 113 Å². The monoisotopic (exact) mass is 497 g/mol. The lowest BCUT2D eigenvalue weighted by atomic mass is 9.91. The van der Waals surface area contributed by atoms with Crippen molar-refractivity contribution in [2.45, 2.75) is 20.3 Å². The van der Waals surface area contributed by atoms with Gasteiger partial charge in [0.05, 0.1) is 10.5 Å². The van der Waals surface area contributed by atoms with E-state index in [4.69, 9.17) is 5.11 Å². The molecule has 1 aliphatic heterocycles. The van der Waals surface area contributed by atoms with Gasteiger partial charge in [-0.1, -0.05) is 28.1 Å². The normalized spacial score (nSPS) is 13.1. The number of nitrogens with one attached hydrogen (secondary N) is 1. The van der Waals surface area contributed by atoms with Gasteiger partial charge in [0.2, 0.25) is 0 Å². The number of hydrogen-bond donors (Lipinski definition) is 2. The highest BCUT2D eigenvalue weighted by Crippen LogP contribution is 2.42. The maximum atomic E-state index is 13.1. The van der Waals surface area contributed by atoms with E-state index >= 15 is 0 Å². The maximum absolute atomic E-state index is 13.1. The Balaban J connectivity index is 1.96. The molecule has 2 amide bonds. The number of nitro groups is 1. The van der Waals surface area contributed by atoms with Gasteiger partial charge < -0.3 is 10.4 Å². The number of imide groups is 1. The number of aliphatic hydroxyl groups is 1. The number of aliphatic hydroxyl groups excluding tert-OH is 1. The van der Waals surface area contributed by atoms with Crippen molar-refractivity contribution in [3.8, 4) is 0 Å². The molecular formula is C23H20BrN3O5. The molecule has 0 fully saturated rings. The zero-order valence-corrected chi connectivity index (χ0v) is 19.0. The van der Waals surface area contributed by atoms with E-state index in [-0.39, 0.29) is 36.5 Å². The Bertz CT molecular complexity index is 1300. The number of carbonyl (C=O) groups excluding carboxylic acids is 2. The number of nitrogens with zero attached hydrogens (tertiary/aromatic N) is 2. The SMILES string of the molecule is Cc1c(Br)ccc(Nc2c([N+](=O)[O-])cc3c4c(cccc24)C(=O)N(CCCO)C3=O)c1C. The first-order chi connectivity index (χ1) is 15.3. The van der Waals surface area contributed by atoms with Crippen LogP contribution in [0.25, 0.3) is 10.8 Å². The standard InChI is InChI=1S/C23H20BrN3O5/c1-12-13(2)18(8-7-17(12)24)25-21-14-5-3-6-15-20(14)16(11-19(21)27(31)32)23(30)26(22(15)29)9-4-10-28/h3,5-8,11,25,28H,4,9-10H2,1-2H3. The van der Waals surface area contributed by atoms with Gasteiger partial charge in [0.15, 0.2) is 0 Å². The number of nitro benzene ring substituents is 1. The highest BCUT2D eigenvalue weighted by molar-refractivity contribution is 9.10. The second-order valence-electron chi connectivity index (χ2n) is 7.61. The summed E-state index contributed by atoms with van der Waals surface area (Å²) in [6.07, 6.45) is 0.229. The molecule has 0 radical (unpaired) electrons. The Morgan fingerprint density at radius 3 is 2.50 bits per heavy atom. The van der Waals surface area contributed by atoms with Gasteiger partial charge in [0, 0.05) is 45.7 Å². The number of carbonyl (C=O) groups is 2. The Hall–Kier alpha value is -3.30. The van der Waals surface area contributed by atoms with Crippen LogP contribution < -0.4 is 5.32 Å². The average molecular weight is 498 g/mol. The number of hydrogen-bond acceptors (Lipinski definition) is 6. The molecular weight excluding hydrogens is 478 g/mol. The van der Waals surface area contributed by atoms with Crippen LogP contribution in [0.15, 0.2) is 40.9 Å². The van der Waals surface area contributed by atoms with Crippen molar-refractivity contribution in [2.24, 2.45) is 0 Å². The minimum absolute atomic E-state index is 0.0369. The van der Waals surface area contributed by atoms with E-state index in [9.17, 15) is 19.7 Å². The van der Waals surface area contributed by atoms with Crippen LogP contribution in [0, 0.1) is 24.0 Å². The Labute approximate surface area is 192 Å². The predicted molar refractivity (Wildman–Crippen MR) is 125 cm³/mol. The molecule has 3 aromatic rings. The molecule has 0 unspecified atom stereocenters. The smallest absolute Gasteiger partial charge is 0.294 e. The van der Waals surface area contributed by atoms with E-state index in [1.807, 2.05) is 26.0 Å². The third kappa shape index (κ3) is 3.43. The van der Waals surface area contributed by atoms with E-state index in [1.54, 1.807) is 18.2 Å². The molecule has 0 atom stereocenters. The third-order valence-electron chi connectivity index (χ3n) is 5.81. The van der Waals surface area contributed by atoms with E-state index in [2.05, 4.69) is 21.2 Å². The van der Waals surface area contributed by atoms with E-state index in [1.165, 1.54) is 6.07 Å². The molecule has 4 rings (SSSR count). The van der Waals surface area contributed by atoms with Crippen LogP contribution in [0.4, 0.5) is 17.1 Å². The third-order valence-corrected chi connectivity index (χ3v) is 6.67. The summed E-state index contributed by atoms with van der Waals surface area (Å²) in [5.41, 5.74) is 2.97. The highest BCUT2D eigenvalue weighted by Gasteiger charge is 2.35. The Morgan fingerprint density at radius 1 is 1.09 bits per heavy atom. The number of halogens is 1. The number of amides is 2. The largest absolute Gasteiger partial charge is 0.396 e. The molecule has 0 bridgehead atoms. The van der Waals surface area contributed by atoms with Gasteiger partial charge in [0.25, 0.3) is 17.5 Å². The van der Waals surface area contributed by atoms with E-state index in [0.717, 1.165) is 20.5 Å². The lowest BCUT2D eigenvalue weighted by Crippen LogP contribution is -2.41. The molecule has 0 spiro atoms. The van der Waals surface area contributed by atoms with Crippen molar-refractivity contribution in [3.05, 3.63) is 73.2 Å². The molecule has 0 aliphatic carbocycles. The quantitative estimate of drug-likeness (QED) is 0.286. The molecule has 32 heavy (non-hydrogen) atoms. The molecule has 2 N–H and O–H groups in total. The molecule has 1 aliphatic rings. The fourth-order valence-electron chi connectivity index (χ4n) is 3.96. The van der Waals surface area contributed by atoms with Gasteiger partial charge in [-0.3, -0.25) is 24.6 Å². The lowest BCUT2D eigenvalue weighted by molar-refractivity contribution is -0.383. The molecule has 0 saturated heterocycles. The highest BCUT2D eigenvalue weighted by atomic mass is 79.9. The molecule has 164 valence electrons. The summed E-state index contributed by atoms with van der Waals surface area (Å²) in [6.45, 7) is 3.71. The summed E-state index contributed by atoms with van der Waals surface area (Å²) in [7, 11) is 0. The van der Waals surface area contributed by atoms with E-state index in [0.29, 0.717) is 22.0 Å². The predicted octanol–water partition coefficient (Wildman–Crippen LogP) is 4.85. The summed E-state index contributed by atoms with van der Waals surface area (Å²) < 4.78 is 0.922. The summed E-state index contributed by atoms with van der Waals surface area (Å²) >= 11 is 3.48. The molecule has 3 aromatic carbocycles. The van der Waals surface area contributed by atoms with Crippen molar-refractivity contribution >= 4 is 55.6 Å². The Morgan fingerprint density at radius 2 is 1.81 bits per heavy atom. The first-order valence-corrected chi connectivity index (χ1v) is 10.8. The molecule has 0 saturated carbocycles. The van der Waals surface area contributed by atoms with Crippen LogP contribution in [0.5, 0.6) is 0 Å². The fourth-order valence-corrected chi connectivity index (χ4v) is 4.39. The minimum Gasteiger partial charge on any atom is -0.396 e.